The Morgan fingerprint density at radius 2 is 1.67 bits per heavy atom. The fourth-order valence-electron chi connectivity index (χ4n) is 3.14. The lowest BCUT2D eigenvalue weighted by Crippen LogP contribution is -2.17. The molecule has 0 aliphatic heterocycles. The fraction of sp³-hybridized carbons (Fsp3) is 0.125. The summed E-state index contributed by atoms with van der Waals surface area (Å²) in [6, 6.07) is 21.9. The number of benzene rings is 3. The molecule has 0 aliphatic carbocycles. The van der Waals surface area contributed by atoms with Crippen LogP contribution in [0.25, 0.3) is 11.0 Å². The molecule has 0 saturated heterocycles. The van der Waals surface area contributed by atoms with Gasteiger partial charge in [-0.3, -0.25) is 4.79 Å². The second kappa shape index (κ2) is 8.61. The number of nitrogens with zero attached hydrogens (tertiary/aromatic N) is 2. The third-order valence-electron chi connectivity index (χ3n) is 4.73. The molecule has 0 saturated carbocycles. The molecule has 30 heavy (non-hydrogen) atoms. The Kier molecular flexibility index (Phi) is 5.57. The number of rotatable bonds is 6. The smallest absolute Gasteiger partial charge is 0.256 e. The molecule has 0 fully saturated rings. The molecule has 0 atom stereocenters. The van der Waals surface area contributed by atoms with Crippen LogP contribution in [0.2, 0.25) is 0 Å². The zero-order valence-corrected chi connectivity index (χ0v) is 16.6. The molecule has 0 unspecified atom stereocenters. The van der Waals surface area contributed by atoms with E-state index in [-0.39, 0.29) is 11.7 Å². The van der Waals surface area contributed by atoms with E-state index in [1.807, 2.05) is 49.4 Å². The second-order valence-electron chi connectivity index (χ2n) is 7.05. The van der Waals surface area contributed by atoms with E-state index in [4.69, 9.17) is 4.98 Å². The number of amides is 1. The van der Waals surface area contributed by atoms with Crippen molar-refractivity contribution >= 4 is 28.4 Å². The highest BCUT2D eigenvalue weighted by molar-refractivity contribution is 6.04. The third-order valence-corrected chi connectivity index (χ3v) is 4.73. The summed E-state index contributed by atoms with van der Waals surface area (Å²) in [4.78, 5) is 22.1. The number of aromatic nitrogens is 2. The van der Waals surface area contributed by atoms with Crippen LogP contribution in [0.4, 0.5) is 11.5 Å². The van der Waals surface area contributed by atoms with Gasteiger partial charge in [-0.2, -0.15) is 0 Å². The first-order valence-corrected chi connectivity index (χ1v) is 9.75. The van der Waals surface area contributed by atoms with Crippen LogP contribution in [0, 0.1) is 6.92 Å². The van der Waals surface area contributed by atoms with Gasteiger partial charge in [0.1, 0.15) is 5.75 Å². The first-order chi connectivity index (χ1) is 14.6. The van der Waals surface area contributed by atoms with E-state index in [0.29, 0.717) is 30.0 Å². The van der Waals surface area contributed by atoms with Gasteiger partial charge in [0, 0.05) is 30.3 Å². The second-order valence-corrected chi connectivity index (χ2v) is 7.05. The van der Waals surface area contributed by atoms with Crippen molar-refractivity contribution < 1.29 is 9.90 Å². The van der Waals surface area contributed by atoms with E-state index in [9.17, 15) is 9.90 Å². The first kappa shape index (κ1) is 19.4. The van der Waals surface area contributed by atoms with Crippen molar-refractivity contribution in [3.63, 3.8) is 0 Å². The van der Waals surface area contributed by atoms with Gasteiger partial charge in [-0.25, -0.2) is 9.97 Å². The number of carbonyl (C=O) groups is 1. The third kappa shape index (κ3) is 4.55. The number of hydrogen-bond donors (Lipinski definition) is 3. The largest absolute Gasteiger partial charge is 0.508 e. The number of aryl methyl sites for hydroxylation is 1. The lowest BCUT2D eigenvalue weighted by Gasteiger charge is -2.12. The summed E-state index contributed by atoms with van der Waals surface area (Å²) in [5.74, 6) is 0.440. The van der Waals surface area contributed by atoms with Crippen LogP contribution in [0.1, 0.15) is 21.6 Å². The van der Waals surface area contributed by atoms with Crippen molar-refractivity contribution in [3.8, 4) is 5.75 Å². The highest BCUT2D eigenvalue weighted by Crippen LogP contribution is 2.20. The van der Waals surface area contributed by atoms with Crippen LogP contribution in [-0.2, 0) is 6.42 Å². The molecule has 1 amide bonds. The SMILES string of the molecule is Cc1ccc(C(=O)Nc2nc3ccccc3nc2CCNc2cccc(O)c2)cc1. The van der Waals surface area contributed by atoms with Crippen LogP contribution in [0.3, 0.4) is 0 Å². The van der Waals surface area contributed by atoms with E-state index >= 15 is 0 Å². The topological polar surface area (TPSA) is 87.1 Å². The normalized spacial score (nSPS) is 10.7. The summed E-state index contributed by atoms with van der Waals surface area (Å²) in [6.07, 6.45) is 0.553. The molecule has 1 aromatic heterocycles. The Morgan fingerprint density at radius 3 is 2.40 bits per heavy atom. The number of aromatic hydroxyl groups is 1. The van der Waals surface area contributed by atoms with Crippen LogP contribution >= 0.6 is 0 Å². The highest BCUT2D eigenvalue weighted by atomic mass is 16.3. The molecule has 6 heteroatoms. The van der Waals surface area contributed by atoms with Gasteiger partial charge >= 0.3 is 0 Å². The summed E-state index contributed by atoms with van der Waals surface area (Å²) >= 11 is 0. The summed E-state index contributed by atoms with van der Waals surface area (Å²) in [6.45, 7) is 2.55. The molecular weight excluding hydrogens is 376 g/mol. The summed E-state index contributed by atoms with van der Waals surface area (Å²) in [5.41, 5.74) is 4.67. The predicted molar refractivity (Wildman–Crippen MR) is 119 cm³/mol. The van der Waals surface area contributed by atoms with Crippen LogP contribution in [-0.4, -0.2) is 27.5 Å². The van der Waals surface area contributed by atoms with Gasteiger partial charge < -0.3 is 15.7 Å². The maximum absolute atomic E-state index is 12.7. The number of phenolic OH excluding ortho intramolecular Hbond substituents is 1. The molecule has 0 spiro atoms. The van der Waals surface area contributed by atoms with Crippen LogP contribution in [0.5, 0.6) is 5.75 Å². The van der Waals surface area contributed by atoms with E-state index in [2.05, 4.69) is 15.6 Å². The van der Waals surface area contributed by atoms with Crippen molar-refractivity contribution in [1.82, 2.24) is 9.97 Å². The number of anilines is 2. The van der Waals surface area contributed by atoms with Gasteiger partial charge in [0.15, 0.2) is 5.82 Å². The van der Waals surface area contributed by atoms with Gasteiger partial charge in [-0.05, 0) is 43.3 Å². The molecule has 4 aromatic rings. The van der Waals surface area contributed by atoms with Gasteiger partial charge in [-0.15, -0.1) is 0 Å². The minimum Gasteiger partial charge on any atom is -0.508 e. The van der Waals surface area contributed by atoms with Crippen molar-refractivity contribution in [3.05, 3.63) is 89.6 Å². The molecule has 4 rings (SSSR count). The van der Waals surface area contributed by atoms with Gasteiger partial charge in [0.05, 0.1) is 16.7 Å². The zero-order valence-electron chi connectivity index (χ0n) is 16.6. The molecule has 0 aliphatic rings. The van der Waals surface area contributed by atoms with Crippen molar-refractivity contribution in [2.75, 3.05) is 17.2 Å². The average Bonchev–Trinajstić information content (AvgIpc) is 2.74. The van der Waals surface area contributed by atoms with Crippen molar-refractivity contribution in [2.24, 2.45) is 0 Å². The Bertz CT molecular complexity index is 1190. The minimum absolute atomic E-state index is 0.205. The maximum Gasteiger partial charge on any atom is 0.256 e. The number of carbonyl (C=O) groups excluding carboxylic acids is 1. The van der Waals surface area contributed by atoms with Crippen molar-refractivity contribution in [2.45, 2.75) is 13.3 Å². The standard InChI is InChI=1S/C24H22N4O2/c1-16-9-11-17(12-10-16)24(30)28-23-22(26-20-7-2-3-8-21(20)27-23)13-14-25-18-5-4-6-19(29)15-18/h2-12,15,25,29H,13-14H2,1H3,(H,27,28,30). The van der Waals surface area contributed by atoms with Gasteiger partial charge in [-0.1, -0.05) is 35.9 Å². The van der Waals surface area contributed by atoms with Crippen LogP contribution in [0.15, 0.2) is 72.8 Å². The summed E-state index contributed by atoms with van der Waals surface area (Å²) < 4.78 is 0. The monoisotopic (exact) mass is 398 g/mol. The number of hydrogen-bond acceptors (Lipinski definition) is 5. The highest BCUT2D eigenvalue weighted by Gasteiger charge is 2.13. The maximum atomic E-state index is 12.7. The zero-order chi connectivity index (χ0) is 20.9. The number of phenols is 1. The number of para-hydroxylation sites is 2. The summed E-state index contributed by atoms with van der Waals surface area (Å²) in [5, 5.41) is 15.8. The summed E-state index contributed by atoms with van der Waals surface area (Å²) in [7, 11) is 0. The van der Waals surface area contributed by atoms with Gasteiger partial charge in [0.2, 0.25) is 0 Å². The van der Waals surface area contributed by atoms with Crippen molar-refractivity contribution in [1.29, 1.82) is 0 Å². The van der Waals surface area contributed by atoms with E-state index in [1.54, 1.807) is 30.3 Å². The molecule has 6 nitrogen and oxygen atoms in total. The quantitative estimate of drug-likeness (QED) is 0.443. The molecule has 0 bridgehead atoms. The molecule has 3 N–H and O–H groups in total. The van der Waals surface area contributed by atoms with E-state index in [1.165, 1.54) is 0 Å². The molecule has 1 heterocycles. The lowest BCUT2D eigenvalue weighted by atomic mass is 10.1. The Hall–Kier alpha value is -3.93. The first-order valence-electron chi connectivity index (χ1n) is 9.75. The van der Waals surface area contributed by atoms with E-state index < -0.39 is 0 Å². The lowest BCUT2D eigenvalue weighted by molar-refractivity contribution is 0.102. The molecule has 3 aromatic carbocycles. The molecule has 0 radical (unpaired) electrons. The fourth-order valence-corrected chi connectivity index (χ4v) is 3.14. The Labute approximate surface area is 174 Å². The molecular formula is C24H22N4O2. The minimum atomic E-state index is -0.221. The van der Waals surface area contributed by atoms with E-state index in [0.717, 1.165) is 22.3 Å². The number of nitrogens with one attached hydrogen (secondary N) is 2. The van der Waals surface area contributed by atoms with Gasteiger partial charge in [0.25, 0.3) is 5.91 Å². The molecule has 150 valence electrons. The predicted octanol–water partition coefficient (Wildman–Crippen LogP) is 4.55. The van der Waals surface area contributed by atoms with Crippen LogP contribution < -0.4 is 10.6 Å². The number of fused-ring (bicyclic) bond motifs is 1. The Balaban J connectivity index is 1.57. The Morgan fingerprint density at radius 1 is 0.933 bits per heavy atom. The average molecular weight is 398 g/mol.